The molecular formula is C10H19N. The molecule has 0 bridgehead atoms. The Morgan fingerprint density at radius 2 is 2.18 bits per heavy atom. The summed E-state index contributed by atoms with van der Waals surface area (Å²) in [6.07, 6.45) is 7.33. The first-order chi connectivity index (χ1) is 5.31. The smallest absolute Gasteiger partial charge is 0.00153 e. The molecule has 1 saturated carbocycles. The van der Waals surface area contributed by atoms with Crippen LogP contribution in [-0.4, -0.2) is 13.1 Å². The van der Waals surface area contributed by atoms with E-state index in [2.05, 4.69) is 12.2 Å². The van der Waals surface area contributed by atoms with Crippen molar-refractivity contribution >= 4 is 0 Å². The number of hydrogen-bond acceptors (Lipinski definition) is 1. The van der Waals surface area contributed by atoms with Crippen molar-refractivity contribution in [2.45, 2.75) is 39.0 Å². The summed E-state index contributed by atoms with van der Waals surface area (Å²) in [5, 5.41) is 3.51. The minimum absolute atomic E-state index is 0.712. The summed E-state index contributed by atoms with van der Waals surface area (Å²) >= 11 is 0. The molecule has 2 aliphatic rings. The highest BCUT2D eigenvalue weighted by Crippen LogP contribution is 2.44. The molecule has 1 nitrogen and oxygen atoms in total. The maximum absolute atomic E-state index is 3.51. The van der Waals surface area contributed by atoms with Crippen LogP contribution in [0.4, 0.5) is 0 Å². The van der Waals surface area contributed by atoms with Gasteiger partial charge in [0.25, 0.3) is 0 Å². The lowest BCUT2D eigenvalue weighted by Crippen LogP contribution is -2.45. The molecule has 1 aliphatic carbocycles. The van der Waals surface area contributed by atoms with Crippen molar-refractivity contribution in [1.29, 1.82) is 0 Å². The first-order valence-corrected chi connectivity index (χ1v) is 5.02. The number of rotatable bonds is 0. The minimum Gasteiger partial charge on any atom is -0.316 e. The van der Waals surface area contributed by atoms with E-state index in [1.807, 2.05) is 0 Å². The van der Waals surface area contributed by atoms with Crippen molar-refractivity contribution in [2.75, 3.05) is 13.1 Å². The van der Waals surface area contributed by atoms with Gasteiger partial charge in [-0.1, -0.05) is 19.8 Å². The number of fused-ring (bicyclic) bond motifs is 1. The Morgan fingerprint density at radius 1 is 1.27 bits per heavy atom. The highest BCUT2D eigenvalue weighted by Gasteiger charge is 2.37. The third-order valence-electron chi connectivity index (χ3n) is 3.80. The van der Waals surface area contributed by atoms with Gasteiger partial charge in [-0.05, 0) is 43.7 Å². The van der Waals surface area contributed by atoms with E-state index in [-0.39, 0.29) is 0 Å². The van der Waals surface area contributed by atoms with Crippen LogP contribution in [0.1, 0.15) is 39.0 Å². The molecule has 2 rings (SSSR count). The van der Waals surface area contributed by atoms with E-state index in [1.165, 1.54) is 45.2 Å². The second kappa shape index (κ2) is 2.78. The molecular weight excluding hydrogens is 134 g/mol. The summed E-state index contributed by atoms with van der Waals surface area (Å²) in [5.41, 5.74) is 0.712. The first-order valence-electron chi connectivity index (χ1n) is 5.02. The predicted octanol–water partition coefficient (Wildman–Crippen LogP) is 2.18. The third-order valence-corrected chi connectivity index (χ3v) is 3.80. The van der Waals surface area contributed by atoms with Crippen molar-refractivity contribution < 1.29 is 0 Å². The molecule has 2 atom stereocenters. The Balaban J connectivity index is 2.06. The average Bonchev–Trinajstić information content (AvgIpc) is 2.03. The van der Waals surface area contributed by atoms with Crippen LogP contribution in [-0.2, 0) is 0 Å². The average molecular weight is 153 g/mol. The zero-order valence-electron chi connectivity index (χ0n) is 7.53. The Bertz CT molecular complexity index is 130. The van der Waals surface area contributed by atoms with Crippen molar-refractivity contribution in [1.82, 2.24) is 5.32 Å². The largest absolute Gasteiger partial charge is 0.316 e. The molecule has 0 radical (unpaired) electrons. The van der Waals surface area contributed by atoms with Crippen molar-refractivity contribution in [3.8, 4) is 0 Å². The van der Waals surface area contributed by atoms with Crippen LogP contribution in [0, 0.1) is 11.3 Å². The van der Waals surface area contributed by atoms with Crippen LogP contribution in [0.2, 0.25) is 0 Å². The van der Waals surface area contributed by atoms with Crippen molar-refractivity contribution in [2.24, 2.45) is 11.3 Å². The lowest BCUT2D eigenvalue weighted by Gasteiger charge is -2.45. The summed E-state index contributed by atoms with van der Waals surface area (Å²) < 4.78 is 0. The quantitative estimate of drug-likeness (QED) is 0.562. The maximum Gasteiger partial charge on any atom is -0.00153 e. The van der Waals surface area contributed by atoms with Crippen LogP contribution in [0.5, 0.6) is 0 Å². The van der Waals surface area contributed by atoms with Crippen molar-refractivity contribution in [3.63, 3.8) is 0 Å². The van der Waals surface area contributed by atoms with Gasteiger partial charge in [0.1, 0.15) is 0 Å². The van der Waals surface area contributed by atoms with E-state index in [4.69, 9.17) is 0 Å². The molecule has 2 unspecified atom stereocenters. The minimum atomic E-state index is 0.712. The Hall–Kier alpha value is -0.0400. The Morgan fingerprint density at radius 3 is 3.00 bits per heavy atom. The summed E-state index contributed by atoms with van der Waals surface area (Å²) in [4.78, 5) is 0. The van der Waals surface area contributed by atoms with Gasteiger partial charge < -0.3 is 5.32 Å². The summed E-state index contributed by atoms with van der Waals surface area (Å²) in [5.74, 6) is 0.991. The number of hydrogen-bond donors (Lipinski definition) is 1. The van der Waals surface area contributed by atoms with Crippen LogP contribution in [0.15, 0.2) is 0 Å². The van der Waals surface area contributed by atoms with E-state index >= 15 is 0 Å². The molecule has 0 aromatic heterocycles. The van der Waals surface area contributed by atoms with Gasteiger partial charge in [-0.25, -0.2) is 0 Å². The lowest BCUT2D eigenvalue weighted by atomic mass is 9.64. The molecule has 0 aromatic carbocycles. The fraction of sp³-hybridized carbons (Fsp3) is 1.00. The SMILES string of the molecule is CC12CCCCC1CNCC2. The van der Waals surface area contributed by atoms with Gasteiger partial charge in [0.05, 0.1) is 0 Å². The second-order valence-corrected chi connectivity index (χ2v) is 4.55. The molecule has 0 aromatic rings. The molecule has 1 N–H and O–H groups in total. The van der Waals surface area contributed by atoms with Gasteiger partial charge in [-0.15, -0.1) is 0 Å². The zero-order valence-corrected chi connectivity index (χ0v) is 7.53. The lowest BCUT2D eigenvalue weighted by molar-refractivity contribution is 0.0771. The summed E-state index contributed by atoms with van der Waals surface area (Å²) in [6.45, 7) is 5.04. The standard InChI is InChI=1S/C10H19N/c1-10-5-3-2-4-9(10)8-11-7-6-10/h9,11H,2-8H2,1H3. The topological polar surface area (TPSA) is 12.0 Å². The second-order valence-electron chi connectivity index (χ2n) is 4.55. The highest BCUT2D eigenvalue weighted by atomic mass is 14.9. The normalized spacial score (nSPS) is 45.0. The van der Waals surface area contributed by atoms with Gasteiger partial charge in [-0.3, -0.25) is 0 Å². The zero-order chi connectivity index (χ0) is 7.73. The molecule has 1 aliphatic heterocycles. The van der Waals surface area contributed by atoms with Crippen LogP contribution in [0.3, 0.4) is 0 Å². The monoisotopic (exact) mass is 153 g/mol. The van der Waals surface area contributed by atoms with Gasteiger partial charge in [0, 0.05) is 0 Å². The fourth-order valence-corrected chi connectivity index (χ4v) is 2.80. The van der Waals surface area contributed by atoms with Gasteiger partial charge in [0.15, 0.2) is 0 Å². The molecule has 64 valence electrons. The molecule has 2 fully saturated rings. The Labute approximate surface area is 69.6 Å². The molecule has 1 saturated heterocycles. The summed E-state index contributed by atoms with van der Waals surface area (Å²) in [7, 11) is 0. The molecule has 1 heteroatoms. The van der Waals surface area contributed by atoms with Crippen LogP contribution in [0.25, 0.3) is 0 Å². The predicted molar refractivity (Wildman–Crippen MR) is 47.6 cm³/mol. The van der Waals surface area contributed by atoms with E-state index in [1.54, 1.807) is 0 Å². The highest BCUT2D eigenvalue weighted by molar-refractivity contribution is 4.90. The molecule has 0 amide bonds. The first kappa shape index (κ1) is 7.60. The number of nitrogens with one attached hydrogen (secondary N) is 1. The van der Waals surface area contributed by atoms with Gasteiger partial charge >= 0.3 is 0 Å². The maximum atomic E-state index is 3.51. The van der Waals surface area contributed by atoms with E-state index in [0.29, 0.717) is 5.41 Å². The van der Waals surface area contributed by atoms with Crippen LogP contribution >= 0.6 is 0 Å². The number of piperidine rings is 1. The van der Waals surface area contributed by atoms with Gasteiger partial charge in [-0.2, -0.15) is 0 Å². The molecule has 11 heavy (non-hydrogen) atoms. The van der Waals surface area contributed by atoms with E-state index < -0.39 is 0 Å². The summed E-state index contributed by atoms with van der Waals surface area (Å²) in [6, 6.07) is 0. The molecule has 1 heterocycles. The van der Waals surface area contributed by atoms with Crippen molar-refractivity contribution in [3.05, 3.63) is 0 Å². The fourth-order valence-electron chi connectivity index (χ4n) is 2.80. The van der Waals surface area contributed by atoms with E-state index in [0.717, 1.165) is 5.92 Å². The third kappa shape index (κ3) is 1.31. The molecule has 0 spiro atoms. The van der Waals surface area contributed by atoms with Gasteiger partial charge in [0.2, 0.25) is 0 Å². The van der Waals surface area contributed by atoms with Crippen LogP contribution < -0.4 is 5.32 Å². The Kier molecular flexibility index (Phi) is 1.92. The van der Waals surface area contributed by atoms with E-state index in [9.17, 15) is 0 Å².